The summed E-state index contributed by atoms with van der Waals surface area (Å²) in [5, 5.41) is 3.88. The minimum atomic E-state index is -0.387. The molecule has 1 N–H and O–H groups in total. The first-order valence-electron chi connectivity index (χ1n) is 10.1. The number of ketones is 1. The molecule has 2 aromatic heterocycles. The lowest BCUT2D eigenvalue weighted by atomic mass is 9.86. The molecular formula is C23H24FN3O2. The van der Waals surface area contributed by atoms with E-state index >= 15 is 0 Å². The standard InChI is InChI=1S/C23H24FN3O2/c1-15-4-2-3-5-20(15)26-22(28)14-27-13-19(18-10-11-25-12-21(18)27)23(29)16-6-8-17(24)9-7-16/h6-13,15,20H,2-5,14H2,1H3,(H,26,28)/t15-,20+/m1/s1. The number of nitrogens with one attached hydrogen (secondary N) is 1. The van der Waals surface area contributed by atoms with Gasteiger partial charge in [0.2, 0.25) is 5.91 Å². The molecule has 5 nitrogen and oxygen atoms in total. The van der Waals surface area contributed by atoms with Gasteiger partial charge in [-0.2, -0.15) is 0 Å². The van der Waals surface area contributed by atoms with Crippen LogP contribution >= 0.6 is 0 Å². The van der Waals surface area contributed by atoms with Gasteiger partial charge in [0, 0.05) is 34.9 Å². The van der Waals surface area contributed by atoms with Gasteiger partial charge in [0.25, 0.3) is 0 Å². The maximum atomic E-state index is 13.2. The highest BCUT2D eigenvalue weighted by atomic mass is 19.1. The number of amides is 1. The second-order valence-corrected chi connectivity index (χ2v) is 7.84. The Morgan fingerprint density at radius 3 is 2.69 bits per heavy atom. The fraction of sp³-hybridized carbons (Fsp3) is 0.348. The average Bonchev–Trinajstić information content (AvgIpc) is 3.08. The monoisotopic (exact) mass is 393 g/mol. The highest BCUT2D eigenvalue weighted by molar-refractivity contribution is 6.16. The van der Waals surface area contributed by atoms with Crippen LogP contribution in [0, 0.1) is 11.7 Å². The van der Waals surface area contributed by atoms with Crippen molar-refractivity contribution < 1.29 is 14.0 Å². The van der Waals surface area contributed by atoms with Gasteiger partial charge in [-0.15, -0.1) is 0 Å². The summed E-state index contributed by atoms with van der Waals surface area (Å²) in [6, 6.07) is 7.46. The lowest BCUT2D eigenvalue weighted by molar-refractivity contribution is -0.122. The van der Waals surface area contributed by atoms with Crippen LogP contribution in [0.2, 0.25) is 0 Å². The maximum Gasteiger partial charge on any atom is 0.240 e. The van der Waals surface area contributed by atoms with Gasteiger partial charge >= 0.3 is 0 Å². The first-order valence-corrected chi connectivity index (χ1v) is 10.1. The Kier molecular flexibility index (Phi) is 5.43. The lowest BCUT2D eigenvalue weighted by Crippen LogP contribution is -2.42. The van der Waals surface area contributed by atoms with Crippen molar-refractivity contribution in [3.63, 3.8) is 0 Å². The summed E-state index contributed by atoms with van der Waals surface area (Å²) in [5.74, 6) is -0.181. The van der Waals surface area contributed by atoms with Crippen LogP contribution in [0.15, 0.2) is 48.9 Å². The van der Waals surface area contributed by atoms with Gasteiger partial charge in [0.1, 0.15) is 12.4 Å². The normalized spacial score (nSPS) is 19.2. The maximum absolute atomic E-state index is 13.2. The third-order valence-corrected chi connectivity index (χ3v) is 5.81. The van der Waals surface area contributed by atoms with Crippen LogP contribution in [0.25, 0.3) is 10.9 Å². The number of hydrogen-bond donors (Lipinski definition) is 1. The molecule has 1 aromatic carbocycles. The van der Waals surface area contributed by atoms with Crippen molar-refractivity contribution in [2.45, 2.75) is 45.2 Å². The molecule has 1 aliphatic rings. The summed E-state index contributed by atoms with van der Waals surface area (Å²) in [6.07, 6.45) is 9.48. The molecule has 2 heterocycles. The quantitative estimate of drug-likeness (QED) is 0.664. The minimum absolute atomic E-state index is 0.0646. The summed E-state index contributed by atoms with van der Waals surface area (Å²) in [7, 11) is 0. The zero-order valence-electron chi connectivity index (χ0n) is 16.4. The van der Waals surface area contributed by atoms with Gasteiger partial charge in [0.05, 0.1) is 11.7 Å². The number of rotatable bonds is 5. The third-order valence-electron chi connectivity index (χ3n) is 5.81. The summed E-state index contributed by atoms with van der Waals surface area (Å²) >= 11 is 0. The van der Waals surface area contributed by atoms with Crippen molar-refractivity contribution in [1.82, 2.24) is 14.9 Å². The Morgan fingerprint density at radius 2 is 1.93 bits per heavy atom. The van der Waals surface area contributed by atoms with Crippen LogP contribution in [-0.2, 0) is 11.3 Å². The number of hydrogen-bond acceptors (Lipinski definition) is 3. The molecule has 1 fully saturated rings. The van der Waals surface area contributed by atoms with Crippen molar-refractivity contribution >= 4 is 22.6 Å². The Bertz CT molecular complexity index is 1040. The van der Waals surface area contributed by atoms with E-state index in [4.69, 9.17) is 0 Å². The fourth-order valence-electron chi connectivity index (χ4n) is 4.14. The zero-order chi connectivity index (χ0) is 20.4. The predicted octanol–water partition coefficient (Wildman–Crippen LogP) is 4.10. The fourth-order valence-corrected chi connectivity index (χ4v) is 4.14. The molecule has 4 rings (SSSR count). The summed E-state index contributed by atoms with van der Waals surface area (Å²) < 4.78 is 15.0. The number of carbonyl (C=O) groups is 2. The van der Waals surface area contributed by atoms with Gasteiger partial charge in [-0.3, -0.25) is 14.6 Å². The topological polar surface area (TPSA) is 64.0 Å². The third kappa shape index (κ3) is 4.06. The summed E-state index contributed by atoms with van der Waals surface area (Å²) in [6.45, 7) is 2.31. The number of carbonyl (C=O) groups excluding carboxylic acids is 2. The largest absolute Gasteiger partial charge is 0.352 e. The van der Waals surface area contributed by atoms with Crippen molar-refractivity contribution in [2.75, 3.05) is 0 Å². The molecule has 6 heteroatoms. The second-order valence-electron chi connectivity index (χ2n) is 7.84. The molecule has 0 spiro atoms. The van der Waals surface area contributed by atoms with Crippen molar-refractivity contribution in [2.24, 2.45) is 5.92 Å². The summed E-state index contributed by atoms with van der Waals surface area (Å²) in [5.41, 5.74) is 1.61. The second kappa shape index (κ2) is 8.15. The molecule has 0 aliphatic heterocycles. The van der Waals surface area contributed by atoms with E-state index in [9.17, 15) is 14.0 Å². The molecule has 1 amide bonds. The van der Waals surface area contributed by atoms with Crippen molar-refractivity contribution in [3.05, 3.63) is 65.9 Å². The van der Waals surface area contributed by atoms with Gasteiger partial charge in [-0.1, -0.05) is 19.8 Å². The van der Waals surface area contributed by atoms with Crippen LogP contribution in [0.1, 0.15) is 48.5 Å². The molecule has 1 saturated carbocycles. The molecular weight excluding hydrogens is 369 g/mol. The number of benzene rings is 1. The van der Waals surface area contributed by atoms with Crippen LogP contribution in [0.3, 0.4) is 0 Å². The minimum Gasteiger partial charge on any atom is -0.352 e. The number of fused-ring (bicyclic) bond motifs is 1. The molecule has 2 atom stereocenters. The molecule has 1 aliphatic carbocycles. The number of aromatic nitrogens is 2. The van der Waals surface area contributed by atoms with Crippen molar-refractivity contribution in [1.29, 1.82) is 0 Å². The molecule has 0 radical (unpaired) electrons. The van der Waals surface area contributed by atoms with E-state index < -0.39 is 0 Å². The molecule has 0 unspecified atom stereocenters. The van der Waals surface area contributed by atoms with Crippen LogP contribution in [-0.4, -0.2) is 27.3 Å². The van der Waals surface area contributed by atoms with E-state index in [-0.39, 0.29) is 30.1 Å². The van der Waals surface area contributed by atoms with E-state index in [0.717, 1.165) is 30.2 Å². The Hall–Kier alpha value is -3.02. The predicted molar refractivity (Wildman–Crippen MR) is 109 cm³/mol. The Morgan fingerprint density at radius 1 is 1.17 bits per heavy atom. The van der Waals surface area contributed by atoms with Gasteiger partial charge in [-0.05, 0) is 49.1 Å². The van der Waals surface area contributed by atoms with Gasteiger partial charge in [-0.25, -0.2) is 4.39 Å². The number of pyridine rings is 1. The molecule has 150 valence electrons. The first kappa shape index (κ1) is 19.3. The summed E-state index contributed by atoms with van der Waals surface area (Å²) in [4.78, 5) is 29.8. The smallest absolute Gasteiger partial charge is 0.240 e. The highest BCUT2D eigenvalue weighted by Gasteiger charge is 2.24. The highest BCUT2D eigenvalue weighted by Crippen LogP contribution is 2.25. The van der Waals surface area contributed by atoms with E-state index in [1.54, 1.807) is 29.2 Å². The van der Waals surface area contributed by atoms with Crippen LogP contribution in [0.4, 0.5) is 4.39 Å². The first-order chi connectivity index (χ1) is 14.0. The zero-order valence-corrected chi connectivity index (χ0v) is 16.4. The Labute approximate surface area is 168 Å². The molecule has 3 aromatic rings. The van der Waals surface area contributed by atoms with Crippen LogP contribution in [0.5, 0.6) is 0 Å². The van der Waals surface area contributed by atoms with E-state index in [0.29, 0.717) is 17.0 Å². The van der Waals surface area contributed by atoms with E-state index in [2.05, 4.69) is 17.2 Å². The van der Waals surface area contributed by atoms with Crippen molar-refractivity contribution in [3.8, 4) is 0 Å². The van der Waals surface area contributed by atoms with E-state index in [1.807, 2.05) is 0 Å². The van der Waals surface area contributed by atoms with Gasteiger partial charge < -0.3 is 9.88 Å². The molecule has 29 heavy (non-hydrogen) atoms. The number of halogens is 1. The average molecular weight is 393 g/mol. The van der Waals surface area contributed by atoms with Crippen LogP contribution < -0.4 is 5.32 Å². The van der Waals surface area contributed by atoms with Gasteiger partial charge in [0.15, 0.2) is 5.78 Å². The lowest BCUT2D eigenvalue weighted by Gasteiger charge is -2.29. The number of nitrogens with zero attached hydrogens (tertiary/aromatic N) is 2. The molecule has 0 bridgehead atoms. The SMILES string of the molecule is C[C@@H]1CCCC[C@@H]1NC(=O)Cn1cc(C(=O)c2ccc(F)cc2)c2ccncc21. The molecule has 0 saturated heterocycles. The van der Waals surface area contributed by atoms with E-state index in [1.165, 1.54) is 30.7 Å². The Balaban J connectivity index is 1.59.